The highest BCUT2D eigenvalue weighted by Crippen LogP contribution is 2.54. The SMILES string of the molecule is c1ccc(-c2nc(-c3ccccc3)nc(-c3ccc(-c4cccc(-c5ccc6c(c5)C(c5ccccc5)(c5ccccc5)c5cccc7c8ccccc8n-6c57)c4)cc3)n2)cc1. The zero-order valence-corrected chi connectivity index (χ0v) is 33.7. The van der Waals surface area contributed by atoms with Gasteiger partial charge in [0.2, 0.25) is 0 Å². The van der Waals surface area contributed by atoms with Gasteiger partial charge in [-0.2, -0.15) is 0 Å². The zero-order chi connectivity index (χ0) is 41.0. The van der Waals surface area contributed by atoms with E-state index in [-0.39, 0.29) is 0 Å². The summed E-state index contributed by atoms with van der Waals surface area (Å²) in [6.45, 7) is 0. The number of hydrogen-bond donors (Lipinski definition) is 0. The molecular weight excluding hydrogens is 753 g/mol. The van der Waals surface area contributed by atoms with E-state index in [2.05, 4.69) is 174 Å². The third kappa shape index (κ3) is 5.65. The van der Waals surface area contributed by atoms with Crippen molar-refractivity contribution in [2.45, 2.75) is 5.41 Å². The van der Waals surface area contributed by atoms with Gasteiger partial charge in [0.25, 0.3) is 0 Å². The van der Waals surface area contributed by atoms with Crippen molar-refractivity contribution in [1.29, 1.82) is 0 Å². The molecule has 12 rings (SSSR count). The summed E-state index contributed by atoms with van der Waals surface area (Å²) in [5.41, 5.74) is 15.5. The summed E-state index contributed by atoms with van der Waals surface area (Å²) in [4.78, 5) is 14.8. The van der Waals surface area contributed by atoms with Gasteiger partial charge in [0.1, 0.15) is 0 Å². The molecule has 0 saturated heterocycles. The van der Waals surface area contributed by atoms with Crippen molar-refractivity contribution >= 4 is 21.8 Å². The van der Waals surface area contributed by atoms with E-state index in [1.54, 1.807) is 0 Å². The zero-order valence-electron chi connectivity index (χ0n) is 33.7. The van der Waals surface area contributed by atoms with Crippen molar-refractivity contribution in [2.75, 3.05) is 0 Å². The maximum Gasteiger partial charge on any atom is 0.164 e. The molecule has 0 atom stereocenters. The van der Waals surface area contributed by atoms with Crippen molar-refractivity contribution in [1.82, 2.24) is 19.5 Å². The molecule has 4 heteroatoms. The van der Waals surface area contributed by atoms with Crippen LogP contribution in [0.25, 0.3) is 83.9 Å². The normalized spacial score (nSPS) is 12.6. The van der Waals surface area contributed by atoms with Crippen molar-refractivity contribution in [3.8, 4) is 62.1 Å². The third-order valence-corrected chi connectivity index (χ3v) is 12.5. The van der Waals surface area contributed by atoms with Crippen LogP contribution in [0.1, 0.15) is 22.3 Å². The van der Waals surface area contributed by atoms with Crippen LogP contribution in [0, 0.1) is 0 Å². The Morgan fingerprint density at radius 1 is 0.306 bits per heavy atom. The minimum atomic E-state index is -0.568. The number of rotatable bonds is 7. The summed E-state index contributed by atoms with van der Waals surface area (Å²) in [6.07, 6.45) is 0. The molecular formula is C58H38N4. The summed E-state index contributed by atoms with van der Waals surface area (Å²) in [6, 6.07) is 82.6. The molecule has 0 radical (unpaired) electrons. The van der Waals surface area contributed by atoms with Crippen molar-refractivity contribution in [3.63, 3.8) is 0 Å². The van der Waals surface area contributed by atoms with E-state index in [1.165, 1.54) is 49.7 Å². The molecule has 0 N–H and O–H groups in total. The molecule has 0 fully saturated rings. The summed E-state index contributed by atoms with van der Waals surface area (Å²) in [7, 11) is 0. The highest BCUT2D eigenvalue weighted by Gasteiger charge is 2.45. The molecule has 4 nitrogen and oxygen atoms in total. The molecule has 2 aromatic heterocycles. The molecule has 9 aromatic carbocycles. The molecule has 0 bridgehead atoms. The molecule has 290 valence electrons. The van der Waals surface area contributed by atoms with Gasteiger partial charge in [-0.3, -0.25) is 0 Å². The Morgan fingerprint density at radius 3 is 1.35 bits per heavy atom. The second-order valence-electron chi connectivity index (χ2n) is 16.0. The maximum absolute atomic E-state index is 4.96. The lowest BCUT2D eigenvalue weighted by atomic mass is 9.63. The van der Waals surface area contributed by atoms with Gasteiger partial charge >= 0.3 is 0 Å². The van der Waals surface area contributed by atoms with Crippen LogP contribution in [0.15, 0.2) is 231 Å². The van der Waals surface area contributed by atoms with Crippen LogP contribution >= 0.6 is 0 Å². The van der Waals surface area contributed by atoms with Crippen LogP contribution in [0.4, 0.5) is 0 Å². The summed E-state index contributed by atoms with van der Waals surface area (Å²) in [5, 5.41) is 2.53. The van der Waals surface area contributed by atoms with Gasteiger partial charge in [0.05, 0.1) is 22.1 Å². The monoisotopic (exact) mass is 790 g/mol. The first-order valence-electron chi connectivity index (χ1n) is 21.1. The molecule has 1 aliphatic heterocycles. The Hall–Kier alpha value is -8.21. The standard InChI is InChI=1S/C58H38N4/c1-5-17-40(18-6-1)55-59-56(41-19-7-2-8-20-41)61-57(60-55)42-33-31-39(32-34-42)43-21-15-22-44(37-43)45-35-36-53-51(38-45)58(46-23-9-3-10-24-46,47-25-11-4-12-26-47)50-29-16-28-49-48-27-13-14-30-52(48)62(53)54(49)50/h1-38H. The van der Waals surface area contributed by atoms with E-state index in [1.807, 2.05) is 60.7 Å². The number of hydrogen-bond acceptors (Lipinski definition) is 3. The van der Waals surface area contributed by atoms with E-state index in [0.717, 1.165) is 38.9 Å². The number of nitrogens with zero attached hydrogens (tertiary/aromatic N) is 4. The Bertz CT molecular complexity index is 3330. The maximum atomic E-state index is 4.96. The number of benzene rings is 9. The lowest BCUT2D eigenvalue weighted by Crippen LogP contribution is -2.35. The quantitative estimate of drug-likeness (QED) is 0.161. The van der Waals surface area contributed by atoms with Crippen LogP contribution in [-0.2, 0) is 5.41 Å². The number of fused-ring (bicyclic) bond motifs is 5. The molecule has 11 aromatic rings. The number of aromatic nitrogens is 4. The molecule has 0 unspecified atom stereocenters. The highest BCUT2D eigenvalue weighted by molar-refractivity contribution is 6.12. The van der Waals surface area contributed by atoms with E-state index in [9.17, 15) is 0 Å². The van der Waals surface area contributed by atoms with E-state index >= 15 is 0 Å². The van der Waals surface area contributed by atoms with Crippen LogP contribution in [0.5, 0.6) is 0 Å². The lowest BCUT2D eigenvalue weighted by molar-refractivity contribution is 0.728. The number of para-hydroxylation sites is 2. The Morgan fingerprint density at radius 2 is 0.742 bits per heavy atom. The average Bonchev–Trinajstić information content (AvgIpc) is 3.70. The Balaban J connectivity index is 0.992. The van der Waals surface area contributed by atoms with Gasteiger partial charge < -0.3 is 4.57 Å². The first-order valence-corrected chi connectivity index (χ1v) is 21.1. The molecule has 1 aliphatic rings. The van der Waals surface area contributed by atoms with E-state index in [4.69, 9.17) is 15.0 Å². The second-order valence-corrected chi connectivity index (χ2v) is 16.0. The first-order chi connectivity index (χ1) is 30.7. The summed E-state index contributed by atoms with van der Waals surface area (Å²) in [5.74, 6) is 1.94. The summed E-state index contributed by atoms with van der Waals surface area (Å²) < 4.78 is 2.50. The highest BCUT2D eigenvalue weighted by atomic mass is 15.0. The molecule has 62 heavy (non-hydrogen) atoms. The lowest BCUT2D eigenvalue weighted by Gasteiger charge is -2.42. The van der Waals surface area contributed by atoms with E-state index < -0.39 is 5.41 Å². The average molecular weight is 791 g/mol. The smallest absolute Gasteiger partial charge is 0.164 e. The minimum Gasteiger partial charge on any atom is -0.309 e. The third-order valence-electron chi connectivity index (χ3n) is 12.5. The largest absolute Gasteiger partial charge is 0.309 e. The first kappa shape index (κ1) is 35.7. The van der Waals surface area contributed by atoms with Crippen LogP contribution < -0.4 is 0 Å². The molecule has 0 amide bonds. The Labute approximate surface area is 360 Å². The molecule has 0 saturated carbocycles. The van der Waals surface area contributed by atoms with Crippen molar-refractivity contribution < 1.29 is 0 Å². The second kappa shape index (κ2) is 14.5. The van der Waals surface area contributed by atoms with Gasteiger partial charge in [-0.1, -0.05) is 206 Å². The van der Waals surface area contributed by atoms with Gasteiger partial charge in [-0.25, -0.2) is 15.0 Å². The predicted octanol–water partition coefficient (Wildman–Crippen LogP) is 14.0. The summed E-state index contributed by atoms with van der Waals surface area (Å²) >= 11 is 0. The van der Waals surface area contributed by atoms with Gasteiger partial charge in [0, 0.05) is 27.5 Å². The topological polar surface area (TPSA) is 43.6 Å². The van der Waals surface area contributed by atoms with E-state index in [0.29, 0.717) is 17.5 Å². The molecule has 3 heterocycles. The fraction of sp³-hybridized carbons (Fsp3) is 0.0172. The molecule has 0 spiro atoms. The Kier molecular flexibility index (Phi) is 8.36. The molecule has 0 aliphatic carbocycles. The fourth-order valence-corrected chi connectivity index (χ4v) is 9.72. The minimum absolute atomic E-state index is 0.568. The van der Waals surface area contributed by atoms with Gasteiger partial charge in [-0.05, 0) is 68.8 Å². The van der Waals surface area contributed by atoms with Gasteiger partial charge in [-0.15, -0.1) is 0 Å². The predicted molar refractivity (Wildman–Crippen MR) is 253 cm³/mol. The fourth-order valence-electron chi connectivity index (χ4n) is 9.72. The van der Waals surface area contributed by atoms with Crippen molar-refractivity contribution in [2.24, 2.45) is 0 Å². The van der Waals surface area contributed by atoms with Crippen molar-refractivity contribution in [3.05, 3.63) is 253 Å². The van der Waals surface area contributed by atoms with Crippen LogP contribution in [-0.4, -0.2) is 19.5 Å². The van der Waals surface area contributed by atoms with Crippen LogP contribution in [0.2, 0.25) is 0 Å². The van der Waals surface area contributed by atoms with Gasteiger partial charge in [0.15, 0.2) is 17.5 Å². The van der Waals surface area contributed by atoms with Crippen LogP contribution in [0.3, 0.4) is 0 Å².